The molecule has 2 aromatic rings. The highest BCUT2D eigenvalue weighted by atomic mass is 32.1. The molecule has 0 spiro atoms. The average Bonchev–Trinajstić information content (AvgIpc) is 2.98. The summed E-state index contributed by atoms with van der Waals surface area (Å²) in [5, 5.41) is 2.84. The second-order valence-electron chi connectivity index (χ2n) is 6.16. The number of esters is 1. The van der Waals surface area contributed by atoms with Crippen LogP contribution in [0.4, 0.5) is 0 Å². The maximum absolute atomic E-state index is 12.8. The van der Waals surface area contributed by atoms with Crippen LogP contribution in [0.1, 0.15) is 15.9 Å². The number of para-hydroxylation sites is 2. The molecule has 2 aliphatic rings. The van der Waals surface area contributed by atoms with Crippen molar-refractivity contribution in [3.05, 3.63) is 77.1 Å². The van der Waals surface area contributed by atoms with Crippen LogP contribution in [0, 0.1) is 0 Å². The molecule has 4 rings (SSSR count). The quantitative estimate of drug-likeness (QED) is 0.276. The van der Waals surface area contributed by atoms with Gasteiger partial charge in [0.25, 0.3) is 5.91 Å². The van der Waals surface area contributed by atoms with E-state index in [0.717, 1.165) is 11.1 Å². The zero-order valence-electron chi connectivity index (χ0n) is 15.2. The Hall–Kier alpha value is -3.78. The highest BCUT2D eigenvalue weighted by molar-refractivity contribution is 7.80. The third kappa shape index (κ3) is 3.30. The summed E-state index contributed by atoms with van der Waals surface area (Å²) in [6.45, 7) is 0. The van der Waals surface area contributed by atoms with Crippen molar-refractivity contribution in [1.82, 2.24) is 10.2 Å². The van der Waals surface area contributed by atoms with Gasteiger partial charge in [0.2, 0.25) is 5.78 Å². The van der Waals surface area contributed by atoms with E-state index in [2.05, 4.69) is 5.32 Å². The lowest BCUT2D eigenvalue weighted by molar-refractivity contribution is -0.130. The highest BCUT2D eigenvalue weighted by Crippen LogP contribution is 2.28. The maximum Gasteiger partial charge on any atom is 0.349 e. The number of hydrogen-bond donors (Lipinski definition) is 1. The van der Waals surface area contributed by atoms with Gasteiger partial charge in [-0.15, -0.1) is 0 Å². The van der Waals surface area contributed by atoms with Gasteiger partial charge >= 0.3 is 5.97 Å². The Morgan fingerprint density at radius 1 is 1.07 bits per heavy atom. The van der Waals surface area contributed by atoms with Gasteiger partial charge in [-0.1, -0.05) is 30.3 Å². The van der Waals surface area contributed by atoms with Gasteiger partial charge in [-0.2, -0.15) is 0 Å². The third-order valence-electron chi connectivity index (χ3n) is 4.41. The normalized spacial score (nSPS) is 18.7. The molecule has 2 aromatic carbocycles. The maximum atomic E-state index is 12.8. The van der Waals surface area contributed by atoms with Crippen molar-refractivity contribution >= 4 is 41.1 Å². The van der Waals surface area contributed by atoms with Crippen LogP contribution in [0.15, 0.2) is 66.0 Å². The molecule has 1 fully saturated rings. The number of Topliss-reactive ketones (excluding diaryl/α,β-unsaturated/α-hetero) is 1. The molecule has 8 heteroatoms. The largest absolute Gasteiger partial charge is 0.496 e. The predicted octanol–water partition coefficient (Wildman–Crippen LogP) is 2.44. The van der Waals surface area contributed by atoms with Crippen molar-refractivity contribution < 1.29 is 23.9 Å². The first kappa shape index (κ1) is 18.6. The molecule has 2 aliphatic heterocycles. The first-order chi connectivity index (χ1) is 14.0. The summed E-state index contributed by atoms with van der Waals surface area (Å²) in [7, 11) is 1.53. The number of benzene rings is 2. The minimum atomic E-state index is -0.841. The first-order valence-corrected chi connectivity index (χ1v) is 8.97. The SMILES string of the molecule is COc1ccccc1/C=C1\NC(=S)N(/C=C2/C(=O)Oc3ccccc3C2=O)C1=O. The molecule has 0 aromatic heterocycles. The molecule has 1 saturated heterocycles. The molecule has 0 aliphatic carbocycles. The highest BCUT2D eigenvalue weighted by Gasteiger charge is 2.35. The zero-order valence-corrected chi connectivity index (χ0v) is 16.0. The Bertz CT molecular complexity index is 1140. The number of ether oxygens (including phenoxy) is 2. The summed E-state index contributed by atoms with van der Waals surface area (Å²) in [5.74, 6) is -1.11. The van der Waals surface area contributed by atoms with Gasteiger partial charge in [-0.05, 0) is 36.5 Å². The van der Waals surface area contributed by atoms with Crippen LogP contribution >= 0.6 is 12.2 Å². The molecule has 0 atom stereocenters. The average molecular weight is 406 g/mol. The summed E-state index contributed by atoms with van der Waals surface area (Å²) in [6.07, 6.45) is 2.70. The fourth-order valence-corrected chi connectivity index (χ4v) is 3.23. The van der Waals surface area contributed by atoms with Crippen LogP contribution in [0.3, 0.4) is 0 Å². The van der Waals surface area contributed by atoms with Crippen LogP contribution in [0.25, 0.3) is 6.08 Å². The predicted molar refractivity (Wildman–Crippen MR) is 108 cm³/mol. The molecule has 2 heterocycles. The lowest BCUT2D eigenvalue weighted by atomic mass is 10.0. The summed E-state index contributed by atoms with van der Waals surface area (Å²) in [5.41, 5.74) is 0.826. The van der Waals surface area contributed by atoms with Gasteiger partial charge in [0, 0.05) is 11.8 Å². The van der Waals surface area contributed by atoms with Gasteiger partial charge < -0.3 is 14.8 Å². The molecular formula is C21H14N2O5S. The van der Waals surface area contributed by atoms with Gasteiger partial charge in [-0.25, -0.2) is 4.79 Å². The van der Waals surface area contributed by atoms with E-state index in [0.29, 0.717) is 11.3 Å². The molecule has 1 N–H and O–H groups in total. The van der Waals surface area contributed by atoms with E-state index in [1.54, 1.807) is 42.5 Å². The summed E-state index contributed by atoms with van der Waals surface area (Å²) in [6, 6.07) is 13.6. The second kappa shape index (κ2) is 7.33. The van der Waals surface area contributed by atoms with Crippen LogP contribution in [0.2, 0.25) is 0 Å². The van der Waals surface area contributed by atoms with Gasteiger partial charge in [0.15, 0.2) is 5.11 Å². The molecule has 0 saturated carbocycles. The van der Waals surface area contributed by atoms with E-state index in [9.17, 15) is 14.4 Å². The van der Waals surface area contributed by atoms with E-state index in [1.165, 1.54) is 13.2 Å². The molecule has 1 amide bonds. The standard InChI is InChI=1S/C21H14N2O5S/c1-27-16-8-4-2-6-12(16)10-15-19(25)23(21(29)22-15)11-14-18(24)13-7-3-5-9-17(13)28-20(14)26/h2-11H,1H3,(H,22,29)/b14-11+,15-10-. The number of carbonyl (C=O) groups excluding carboxylic acids is 3. The number of ketones is 1. The van der Waals surface area contributed by atoms with Crippen molar-refractivity contribution in [2.75, 3.05) is 7.11 Å². The fraction of sp³-hybridized carbons (Fsp3) is 0.0476. The first-order valence-electron chi connectivity index (χ1n) is 8.56. The number of nitrogens with one attached hydrogen (secondary N) is 1. The van der Waals surface area contributed by atoms with Crippen molar-refractivity contribution in [2.24, 2.45) is 0 Å². The third-order valence-corrected chi connectivity index (χ3v) is 4.70. The van der Waals surface area contributed by atoms with Gasteiger partial charge in [0.1, 0.15) is 22.8 Å². The Morgan fingerprint density at radius 3 is 2.59 bits per heavy atom. The van der Waals surface area contributed by atoms with E-state index in [4.69, 9.17) is 21.7 Å². The Kier molecular flexibility index (Phi) is 4.69. The van der Waals surface area contributed by atoms with Crippen LogP contribution in [-0.4, -0.2) is 34.8 Å². The minimum absolute atomic E-state index is 0.0445. The molecule has 29 heavy (non-hydrogen) atoms. The summed E-state index contributed by atoms with van der Waals surface area (Å²) < 4.78 is 10.5. The van der Waals surface area contributed by atoms with Crippen LogP contribution in [0.5, 0.6) is 11.5 Å². The minimum Gasteiger partial charge on any atom is -0.496 e. The van der Waals surface area contributed by atoms with Crippen molar-refractivity contribution in [1.29, 1.82) is 0 Å². The number of carbonyl (C=O) groups is 3. The fourth-order valence-electron chi connectivity index (χ4n) is 2.98. The number of fused-ring (bicyclic) bond motifs is 1. The van der Waals surface area contributed by atoms with Gasteiger partial charge in [0.05, 0.1) is 12.7 Å². The smallest absolute Gasteiger partial charge is 0.349 e. The number of rotatable bonds is 3. The monoisotopic (exact) mass is 406 g/mol. The number of amides is 1. The lowest BCUT2D eigenvalue weighted by Crippen LogP contribution is -2.31. The van der Waals surface area contributed by atoms with E-state index < -0.39 is 17.7 Å². The number of thiocarbonyl (C=S) groups is 1. The number of nitrogens with zero attached hydrogens (tertiary/aromatic N) is 1. The van der Waals surface area contributed by atoms with E-state index in [-0.39, 0.29) is 27.7 Å². The Balaban J connectivity index is 1.67. The lowest BCUT2D eigenvalue weighted by Gasteiger charge is -2.18. The molecule has 0 bridgehead atoms. The van der Waals surface area contributed by atoms with E-state index >= 15 is 0 Å². The Labute approximate surface area is 171 Å². The molecule has 7 nitrogen and oxygen atoms in total. The topological polar surface area (TPSA) is 84.9 Å². The number of hydrogen-bond acceptors (Lipinski definition) is 6. The second-order valence-corrected chi connectivity index (χ2v) is 6.55. The van der Waals surface area contributed by atoms with Crippen molar-refractivity contribution in [2.45, 2.75) is 0 Å². The van der Waals surface area contributed by atoms with Crippen LogP contribution < -0.4 is 14.8 Å². The zero-order chi connectivity index (χ0) is 20.5. The van der Waals surface area contributed by atoms with Crippen LogP contribution in [-0.2, 0) is 9.59 Å². The molecule has 0 unspecified atom stereocenters. The van der Waals surface area contributed by atoms with Crippen molar-refractivity contribution in [3.8, 4) is 11.5 Å². The molecule has 144 valence electrons. The molecular weight excluding hydrogens is 392 g/mol. The Morgan fingerprint density at radius 2 is 1.79 bits per heavy atom. The number of methoxy groups -OCH3 is 1. The molecule has 0 radical (unpaired) electrons. The summed E-state index contributed by atoms with van der Waals surface area (Å²) >= 11 is 5.21. The summed E-state index contributed by atoms with van der Waals surface area (Å²) in [4.78, 5) is 38.8. The van der Waals surface area contributed by atoms with E-state index in [1.807, 2.05) is 6.07 Å². The van der Waals surface area contributed by atoms with Crippen molar-refractivity contribution in [3.63, 3.8) is 0 Å². The van der Waals surface area contributed by atoms with Gasteiger partial charge in [-0.3, -0.25) is 14.5 Å².